The van der Waals surface area contributed by atoms with Crippen molar-refractivity contribution in [1.82, 2.24) is 5.32 Å². The number of anilines is 2. The molecular weight excluding hydrogens is 377 g/mol. The van der Waals surface area contributed by atoms with E-state index in [0.29, 0.717) is 11.3 Å². The summed E-state index contributed by atoms with van der Waals surface area (Å²) in [6.07, 6.45) is 0. The Balaban J connectivity index is 1.87. The Morgan fingerprint density at radius 3 is 2.31 bits per heavy atom. The number of rotatable bonds is 7. The molecule has 3 N–H and O–H groups in total. The number of hydrogen-bond donors (Lipinski definition) is 3. The highest BCUT2D eigenvalue weighted by molar-refractivity contribution is 5.95. The lowest BCUT2D eigenvalue weighted by Crippen LogP contribution is -2.47. The minimum Gasteiger partial charge on any atom is -0.454 e. The molecule has 29 heavy (non-hydrogen) atoms. The highest BCUT2D eigenvalue weighted by Gasteiger charge is 2.26. The number of esters is 1. The first-order valence-corrected chi connectivity index (χ1v) is 9.11. The van der Waals surface area contributed by atoms with Crippen LogP contribution in [0.3, 0.4) is 0 Å². The van der Waals surface area contributed by atoms with Crippen LogP contribution >= 0.6 is 0 Å². The van der Waals surface area contributed by atoms with Crippen molar-refractivity contribution in [1.29, 1.82) is 0 Å². The predicted molar refractivity (Wildman–Crippen MR) is 108 cm³/mol. The molecule has 0 aromatic heterocycles. The van der Waals surface area contributed by atoms with Gasteiger partial charge in [0.15, 0.2) is 6.61 Å². The summed E-state index contributed by atoms with van der Waals surface area (Å²) in [7, 11) is 0. The Morgan fingerprint density at radius 2 is 1.69 bits per heavy atom. The van der Waals surface area contributed by atoms with E-state index in [1.165, 1.54) is 12.1 Å². The summed E-state index contributed by atoms with van der Waals surface area (Å²) in [5.74, 6) is -2.07. The smallest absolute Gasteiger partial charge is 0.329 e. The topological polar surface area (TPSA) is 96.5 Å². The van der Waals surface area contributed by atoms with Crippen LogP contribution in [-0.2, 0) is 14.3 Å². The monoisotopic (exact) mass is 401 g/mol. The maximum absolute atomic E-state index is 13.5. The summed E-state index contributed by atoms with van der Waals surface area (Å²) in [5.41, 5.74) is 1.29. The first-order valence-electron chi connectivity index (χ1n) is 9.11. The van der Waals surface area contributed by atoms with Crippen LogP contribution in [0.2, 0.25) is 0 Å². The van der Waals surface area contributed by atoms with E-state index in [9.17, 15) is 18.8 Å². The van der Waals surface area contributed by atoms with Gasteiger partial charge in [0, 0.05) is 11.4 Å². The van der Waals surface area contributed by atoms with E-state index in [-0.39, 0.29) is 11.6 Å². The molecule has 0 aliphatic heterocycles. The number of ether oxygens (including phenoxy) is 1. The molecule has 154 valence electrons. The van der Waals surface area contributed by atoms with Crippen molar-refractivity contribution in [2.75, 3.05) is 17.2 Å². The molecule has 2 aromatic rings. The van der Waals surface area contributed by atoms with Gasteiger partial charge in [-0.05, 0) is 42.7 Å². The Labute approximate surface area is 168 Å². The quantitative estimate of drug-likeness (QED) is 0.619. The second kappa shape index (κ2) is 10.2. The van der Waals surface area contributed by atoms with Gasteiger partial charge in [-0.1, -0.05) is 38.1 Å². The molecule has 2 rings (SSSR count). The van der Waals surface area contributed by atoms with E-state index in [2.05, 4.69) is 16.0 Å². The minimum absolute atomic E-state index is 0.259. The van der Waals surface area contributed by atoms with Crippen LogP contribution in [0.1, 0.15) is 19.4 Å². The van der Waals surface area contributed by atoms with Crippen LogP contribution in [0, 0.1) is 18.7 Å². The lowest BCUT2D eigenvalue weighted by molar-refractivity contribution is -0.150. The maximum Gasteiger partial charge on any atom is 0.329 e. The zero-order valence-corrected chi connectivity index (χ0v) is 16.5. The lowest BCUT2D eigenvalue weighted by atomic mass is 10.1. The number of carbonyl (C=O) groups excluding carboxylic acids is 3. The number of aryl methyl sites for hydroxylation is 1. The average Bonchev–Trinajstić information content (AvgIpc) is 2.67. The fourth-order valence-electron chi connectivity index (χ4n) is 2.42. The van der Waals surface area contributed by atoms with E-state index >= 15 is 0 Å². The predicted octanol–water partition coefficient (Wildman–Crippen LogP) is 3.46. The fraction of sp³-hybridized carbons (Fsp3) is 0.286. The molecule has 0 unspecified atom stereocenters. The second-order valence-electron chi connectivity index (χ2n) is 6.81. The van der Waals surface area contributed by atoms with Crippen molar-refractivity contribution in [2.45, 2.75) is 26.8 Å². The molecule has 0 bridgehead atoms. The van der Waals surface area contributed by atoms with Crippen LogP contribution in [0.5, 0.6) is 0 Å². The summed E-state index contributed by atoms with van der Waals surface area (Å²) < 4.78 is 18.6. The third kappa shape index (κ3) is 6.91. The van der Waals surface area contributed by atoms with Crippen molar-refractivity contribution < 1.29 is 23.5 Å². The molecule has 7 nitrogen and oxygen atoms in total. The van der Waals surface area contributed by atoms with Crippen LogP contribution in [0.4, 0.5) is 20.6 Å². The van der Waals surface area contributed by atoms with Gasteiger partial charge in [-0.15, -0.1) is 0 Å². The average molecular weight is 401 g/mol. The minimum atomic E-state index is -0.941. The Bertz CT molecular complexity index is 871. The molecule has 1 atom stereocenters. The first-order chi connectivity index (χ1) is 13.8. The van der Waals surface area contributed by atoms with E-state index in [1.807, 2.05) is 6.07 Å². The lowest BCUT2D eigenvalue weighted by Gasteiger charge is -2.21. The fourth-order valence-corrected chi connectivity index (χ4v) is 2.42. The zero-order chi connectivity index (χ0) is 21.4. The summed E-state index contributed by atoms with van der Waals surface area (Å²) in [6, 6.07) is 11.5. The van der Waals surface area contributed by atoms with Gasteiger partial charge in [0.25, 0.3) is 5.91 Å². The SMILES string of the molecule is Cc1ccc(NC(=O)COC(=O)[C@@H](NC(=O)Nc2ccccc2)C(C)C)cc1F. The van der Waals surface area contributed by atoms with Crippen molar-refractivity contribution >= 4 is 29.3 Å². The summed E-state index contributed by atoms with van der Waals surface area (Å²) in [6.45, 7) is 4.53. The van der Waals surface area contributed by atoms with Gasteiger partial charge in [0.05, 0.1) is 0 Å². The van der Waals surface area contributed by atoms with Crippen LogP contribution in [0.15, 0.2) is 48.5 Å². The maximum atomic E-state index is 13.5. The van der Waals surface area contributed by atoms with Crippen molar-refractivity contribution in [3.05, 3.63) is 59.9 Å². The van der Waals surface area contributed by atoms with Crippen molar-refractivity contribution in [3.8, 4) is 0 Å². The zero-order valence-electron chi connectivity index (χ0n) is 16.5. The number of para-hydroxylation sites is 1. The highest BCUT2D eigenvalue weighted by atomic mass is 19.1. The van der Waals surface area contributed by atoms with Gasteiger partial charge in [-0.3, -0.25) is 4.79 Å². The van der Waals surface area contributed by atoms with Gasteiger partial charge in [0.2, 0.25) is 0 Å². The van der Waals surface area contributed by atoms with Crippen molar-refractivity contribution in [3.63, 3.8) is 0 Å². The van der Waals surface area contributed by atoms with Crippen LogP contribution < -0.4 is 16.0 Å². The molecule has 8 heteroatoms. The Morgan fingerprint density at radius 1 is 1.00 bits per heavy atom. The third-order valence-electron chi connectivity index (χ3n) is 4.04. The van der Waals surface area contributed by atoms with Gasteiger partial charge < -0.3 is 20.7 Å². The molecule has 3 amide bonds. The Hall–Kier alpha value is -3.42. The largest absolute Gasteiger partial charge is 0.454 e. The van der Waals surface area contributed by atoms with Crippen molar-refractivity contribution in [2.24, 2.45) is 5.92 Å². The molecular formula is C21H24FN3O4. The Kier molecular flexibility index (Phi) is 7.70. The summed E-state index contributed by atoms with van der Waals surface area (Å²) >= 11 is 0. The normalized spacial score (nSPS) is 11.5. The van der Waals surface area contributed by atoms with Gasteiger partial charge in [0.1, 0.15) is 11.9 Å². The summed E-state index contributed by atoms with van der Waals surface area (Å²) in [5, 5.41) is 7.61. The number of amides is 3. The molecule has 0 spiro atoms. The number of benzene rings is 2. The first kappa shape index (κ1) is 21.9. The molecule has 2 aromatic carbocycles. The van der Waals surface area contributed by atoms with Gasteiger partial charge in [-0.25, -0.2) is 14.0 Å². The molecule has 0 radical (unpaired) electrons. The summed E-state index contributed by atoms with van der Waals surface area (Å²) in [4.78, 5) is 36.4. The van der Waals surface area contributed by atoms with Gasteiger partial charge in [-0.2, -0.15) is 0 Å². The number of nitrogens with one attached hydrogen (secondary N) is 3. The number of hydrogen-bond acceptors (Lipinski definition) is 4. The van der Waals surface area contributed by atoms with E-state index in [1.54, 1.807) is 51.1 Å². The van der Waals surface area contributed by atoms with E-state index in [0.717, 1.165) is 0 Å². The van der Waals surface area contributed by atoms with Gasteiger partial charge >= 0.3 is 12.0 Å². The molecule has 0 aliphatic carbocycles. The molecule has 0 saturated carbocycles. The van der Waals surface area contributed by atoms with Crippen LogP contribution in [-0.4, -0.2) is 30.6 Å². The second-order valence-corrected chi connectivity index (χ2v) is 6.81. The molecule has 0 aliphatic rings. The number of halogens is 1. The standard InChI is InChI=1S/C21H24FN3O4/c1-13(2)19(25-21(28)24-15-7-5-4-6-8-15)20(27)29-12-18(26)23-16-10-9-14(3)17(22)11-16/h4-11,13,19H,12H2,1-3H3,(H,23,26)(H2,24,25,28)/t19-/m0/s1. The number of carbonyl (C=O) groups is 3. The molecule has 0 fully saturated rings. The molecule has 0 saturated heterocycles. The molecule has 0 heterocycles. The van der Waals surface area contributed by atoms with Crippen LogP contribution in [0.25, 0.3) is 0 Å². The highest BCUT2D eigenvalue weighted by Crippen LogP contribution is 2.13. The van der Waals surface area contributed by atoms with E-state index < -0.39 is 36.4 Å². The van der Waals surface area contributed by atoms with E-state index in [4.69, 9.17) is 4.74 Å². The third-order valence-corrected chi connectivity index (χ3v) is 4.04. The number of urea groups is 1.